The van der Waals surface area contributed by atoms with Crippen LogP contribution in [0, 0.1) is 0 Å². The van der Waals surface area contributed by atoms with Crippen LogP contribution in [0.2, 0.25) is 0 Å². The van der Waals surface area contributed by atoms with E-state index in [1.165, 1.54) is 25.9 Å². The van der Waals surface area contributed by atoms with Crippen molar-refractivity contribution in [2.24, 2.45) is 0 Å². The molecule has 0 aromatic rings. The van der Waals surface area contributed by atoms with Crippen molar-refractivity contribution in [1.82, 2.24) is 4.90 Å². The number of epoxide rings is 1. The zero-order chi connectivity index (χ0) is 10.9. The highest BCUT2D eigenvalue weighted by Crippen LogP contribution is 2.44. The minimum Gasteiger partial charge on any atom is -0.377 e. The highest BCUT2D eigenvalue weighted by atomic mass is 16.6. The third kappa shape index (κ3) is 2.71. The van der Waals surface area contributed by atoms with E-state index in [0.29, 0.717) is 12.2 Å². The van der Waals surface area contributed by atoms with Crippen molar-refractivity contribution in [1.29, 1.82) is 0 Å². The summed E-state index contributed by atoms with van der Waals surface area (Å²) in [7, 11) is 0. The molecular formula is C12H23NO2. The van der Waals surface area contributed by atoms with Gasteiger partial charge in [-0.2, -0.15) is 0 Å². The average molecular weight is 213 g/mol. The largest absolute Gasteiger partial charge is 0.377 e. The van der Waals surface area contributed by atoms with Gasteiger partial charge in [0.15, 0.2) is 0 Å². The maximum atomic E-state index is 5.68. The molecule has 2 aliphatic heterocycles. The van der Waals surface area contributed by atoms with Crippen LogP contribution in [0.3, 0.4) is 0 Å². The van der Waals surface area contributed by atoms with Gasteiger partial charge in [-0.3, -0.25) is 0 Å². The fourth-order valence-electron chi connectivity index (χ4n) is 2.42. The van der Waals surface area contributed by atoms with E-state index < -0.39 is 0 Å². The van der Waals surface area contributed by atoms with Crippen molar-refractivity contribution >= 4 is 0 Å². The Hall–Kier alpha value is -0.120. The summed E-state index contributed by atoms with van der Waals surface area (Å²) >= 11 is 0. The molecule has 2 fully saturated rings. The molecule has 0 N–H and O–H groups in total. The highest BCUT2D eigenvalue weighted by molar-refractivity contribution is 5.03. The second kappa shape index (κ2) is 4.40. The van der Waals surface area contributed by atoms with Gasteiger partial charge in [0.1, 0.15) is 0 Å². The number of hydrogen-bond donors (Lipinski definition) is 0. The van der Waals surface area contributed by atoms with Gasteiger partial charge < -0.3 is 14.4 Å². The molecule has 2 saturated heterocycles. The van der Waals surface area contributed by atoms with Gasteiger partial charge in [0.2, 0.25) is 0 Å². The number of likely N-dealkylation sites (tertiary alicyclic amines) is 1. The predicted octanol–water partition coefficient (Wildman–Crippen LogP) is 1.66. The van der Waals surface area contributed by atoms with Crippen molar-refractivity contribution in [3.63, 3.8) is 0 Å². The lowest BCUT2D eigenvalue weighted by Crippen LogP contribution is -2.40. The summed E-state index contributed by atoms with van der Waals surface area (Å²) in [6, 6.07) is 0. The molecule has 1 spiro atoms. The van der Waals surface area contributed by atoms with Crippen molar-refractivity contribution in [2.45, 2.75) is 51.4 Å². The minimum atomic E-state index is 0.273. The van der Waals surface area contributed by atoms with Gasteiger partial charge in [-0.15, -0.1) is 0 Å². The van der Waals surface area contributed by atoms with Crippen LogP contribution in [0.25, 0.3) is 0 Å². The molecule has 3 nitrogen and oxygen atoms in total. The summed E-state index contributed by atoms with van der Waals surface area (Å²) in [6.07, 6.45) is 3.27. The van der Waals surface area contributed by atoms with E-state index in [9.17, 15) is 0 Å². The summed E-state index contributed by atoms with van der Waals surface area (Å²) in [5.74, 6) is 0. The van der Waals surface area contributed by atoms with Gasteiger partial charge in [-0.1, -0.05) is 0 Å². The fraction of sp³-hybridized carbons (Fsp3) is 1.00. The summed E-state index contributed by atoms with van der Waals surface area (Å²) in [5, 5.41) is 0. The molecule has 0 aliphatic carbocycles. The molecule has 3 heteroatoms. The lowest BCUT2D eigenvalue weighted by molar-refractivity contribution is 0.0475. The molecule has 2 heterocycles. The second-order valence-corrected chi connectivity index (χ2v) is 5.09. The van der Waals surface area contributed by atoms with Crippen LogP contribution in [-0.4, -0.2) is 49.0 Å². The summed E-state index contributed by atoms with van der Waals surface area (Å²) in [5.41, 5.74) is 0.273. The standard InChI is InChI=1S/C12H23NO2/c1-10(2)14-9-8-13-6-4-12(5-7-13)11(3)15-12/h10-11H,4-9H2,1-3H3. The molecule has 0 bridgehead atoms. The van der Waals surface area contributed by atoms with E-state index in [0.717, 1.165) is 13.2 Å². The van der Waals surface area contributed by atoms with E-state index in [-0.39, 0.29) is 5.60 Å². The highest BCUT2D eigenvalue weighted by Gasteiger charge is 2.54. The Bertz CT molecular complexity index is 210. The molecule has 0 aromatic carbocycles. The van der Waals surface area contributed by atoms with Crippen LogP contribution in [0.4, 0.5) is 0 Å². The molecule has 0 amide bonds. The first-order valence-corrected chi connectivity index (χ1v) is 6.14. The first-order chi connectivity index (χ1) is 7.12. The molecule has 15 heavy (non-hydrogen) atoms. The lowest BCUT2D eigenvalue weighted by Gasteiger charge is -2.30. The van der Waals surface area contributed by atoms with Crippen molar-refractivity contribution < 1.29 is 9.47 Å². The molecule has 1 atom stereocenters. The summed E-state index contributed by atoms with van der Waals surface area (Å²) in [6.45, 7) is 10.6. The molecular weight excluding hydrogens is 190 g/mol. The zero-order valence-electron chi connectivity index (χ0n) is 10.2. The van der Waals surface area contributed by atoms with Crippen LogP contribution in [-0.2, 0) is 9.47 Å². The van der Waals surface area contributed by atoms with E-state index in [2.05, 4.69) is 25.7 Å². The molecule has 0 saturated carbocycles. The van der Waals surface area contributed by atoms with Crippen LogP contribution in [0.15, 0.2) is 0 Å². The van der Waals surface area contributed by atoms with Gasteiger partial charge in [-0.05, 0) is 33.6 Å². The van der Waals surface area contributed by atoms with E-state index >= 15 is 0 Å². The van der Waals surface area contributed by atoms with Crippen molar-refractivity contribution in [3.05, 3.63) is 0 Å². The van der Waals surface area contributed by atoms with Gasteiger partial charge in [0, 0.05) is 19.6 Å². The summed E-state index contributed by atoms with van der Waals surface area (Å²) < 4.78 is 11.2. The van der Waals surface area contributed by atoms with E-state index in [1.807, 2.05) is 0 Å². The zero-order valence-corrected chi connectivity index (χ0v) is 10.2. The number of piperidine rings is 1. The van der Waals surface area contributed by atoms with Crippen LogP contribution < -0.4 is 0 Å². The molecule has 88 valence electrons. The van der Waals surface area contributed by atoms with Gasteiger partial charge in [0.25, 0.3) is 0 Å². The third-order valence-electron chi connectivity index (χ3n) is 3.66. The molecule has 0 radical (unpaired) electrons. The lowest BCUT2D eigenvalue weighted by atomic mass is 9.94. The Morgan fingerprint density at radius 2 is 2.00 bits per heavy atom. The molecule has 2 rings (SSSR count). The summed E-state index contributed by atoms with van der Waals surface area (Å²) in [4.78, 5) is 2.49. The number of nitrogens with zero attached hydrogens (tertiary/aromatic N) is 1. The monoisotopic (exact) mass is 213 g/mol. The first kappa shape index (κ1) is 11.4. The molecule has 1 unspecified atom stereocenters. The number of hydrogen-bond acceptors (Lipinski definition) is 3. The number of ether oxygens (including phenoxy) is 2. The van der Waals surface area contributed by atoms with Crippen LogP contribution >= 0.6 is 0 Å². The predicted molar refractivity (Wildman–Crippen MR) is 60.0 cm³/mol. The molecule has 0 aromatic heterocycles. The minimum absolute atomic E-state index is 0.273. The SMILES string of the molecule is CC(C)OCCN1CCC2(CC1)OC2C. The maximum Gasteiger partial charge on any atom is 0.0969 e. The normalized spacial score (nSPS) is 30.0. The Labute approximate surface area is 92.7 Å². The topological polar surface area (TPSA) is 25.0 Å². The van der Waals surface area contributed by atoms with Gasteiger partial charge >= 0.3 is 0 Å². The van der Waals surface area contributed by atoms with Gasteiger partial charge in [0.05, 0.1) is 24.4 Å². The quantitative estimate of drug-likeness (QED) is 0.664. The third-order valence-corrected chi connectivity index (χ3v) is 3.66. The van der Waals surface area contributed by atoms with Crippen molar-refractivity contribution in [3.8, 4) is 0 Å². The second-order valence-electron chi connectivity index (χ2n) is 5.09. The first-order valence-electron chi connectivity index (χ1n) is 6.14. The van der Waals surface area contributed by atoms with E-state index in [1.54, 1.807) is 0 Å². The van der Waals surface area contributed by atoms with Crippen LogP contribution in [0.5, 0.6) is 0 Å². The smallest absolute Gasteiger partial charge is 0.0969 e. The van der Waals surface area contributed by atoms with Gasteiger partial charge in [-0.25, -0.2) is 0 Å². The van der Waals surface area contributed by atoms with E-state index in [4.69, 9.17) is 9.47 Å². The Morgan fingerprint density at radius 3 is 2.47 bits per heavy atom. The Morgan fingerprint density at radius 1 is 1.40 bits per heavy atom. The molecule has 2 aliphatic rings. The Kier molecular flexibility index (Phi) is 3.33. The van der Waals surface area contributed by atoms with Crippen LogP contribution in [0.1, 0.15) is 33.6 Å². The fourth-order valence-corrected chi connectivity index (χ4v) is 2.42. The van der Waals surface area contributed by atoms with Crippen molar-refractivity contribution in [2.75, 3.05) is 26.2 Å². The average Bonchev–Trinajstić information content (AvgIpc) is 2.80. The maximum absolute atomic E-state index is 5.68. The number of rotatable bonds is 4. The Balaban J connectivity index is 1.62.